The van der Waals surface area contributed by atoms with E-state index in [2.05, 4.69) is 11.1 Å². The molecule has 1 amide bonds. The van der Waals surface area contributed by atoms with Gasteiger partial charge in [0, 0.05) is 19.2 Å². The zero-order valence-corrected chi connectivity index (χ0v) is 16.9. The Morgan fingerprint density at radius 1 is 1.29 bits per heavy atom. The van der Waals surface area contributed by atoms with Crippen molar-refractivity contribution in [1.29, 1.82) is 0 Å². The molecule has 28 heavy (non-hydrogen) atoms. The van der Waals surface area contributed by atoms with E-state index >= 15 is 0 Å². The Balaban J connectivity index is 1.40. The fraction of sp³-hybridized carbons (Fsp3) is 0.364. The van der Waals surface area contributed by atoms with Gasteiger partial charge >= 0.3 is 0 Å². The van der Waals surface area contributed by atoms with Gasteiger partial charge in [0.1, 0.15) is 17.4 Å². The predicted molar refractivity (Wildman–Crippen MR) is 111 cm³/mol. The van der Waals surface area contributed by atoms with Gasteiger partial charge in [0.05, 0.1) is 22.4 Å². The molecule has 1 aromatic heterocycles. The maximum absolute atomic E-state index is 12.9. The van der Waals surface area contributed by atoms with Gasteiger partial charge in [-0.2, -0.15) is 0 Å². The highest BCUT2D eigenvalue weighted by Gasteiger charge is 2.22. The van der Waals surface area contributed by atoms with Gasteiger partial charge in [-0.15, -0.1) is 11.3 Å². The van der Waals surface area contributed by atoms with Crippen molar-refractivity contribution in [2.45, 2.75) is 31.9 Å². The van der Waals surface area contributed by atoms with Crippen LogP contribution in [0.15, 0.2) is 48.5 Å². The Morgan fingerprint density at radius 2 is 2.07 bits per heavy atom. The number of rotatable bonds is 6. The standard InChI is InChI=1S/C22H24N2O3S/c1-15(21-23-19-7-3-4-8-20(19)28-21)24(2)22(25)16-9-11-17(12-10-16)27-14-18-6-5-13-26-18/h3-4,7-12,15,18H,5-6,13-14H2,1-2H3/t15-,18-/m0/s1. The molecule has 0 spiro atoms. The van der Waals surface area contributed by atoms with Crippen LogP contribution in [0.25, 0.3) is 10.2 Å². The van der Waals surface area contributed by atoms with E-state index in [4.69, 9.17) is 9.47 Å². The van der Waals surface area contributed by atoms with Gasteiger partial charge in [0.25, 0.3) is 5.91 Å². The summed E-state index contributed by atoms with van der Waals surface area (Å²) in [7, 11) is 1.82. The number of nitrogens with zero attached hydrogens (tertiary/aromatic N) is 2. The van der Waals surface area contributed by atoms with Crippen molar-refractivity contribution in [3.63, 3.8) is 0 Å². The van der Waals surface area contributed by atoms with Gasteiger partial charge in [-0.05, 0) is 56.2 Å². The summed E-state index contributed by atoms with van der Waals surface area (Å²) in [4.78, 5) is 19.3. The number of carbonyl (C=O) groups excluding carboxylic acids is 1. The summed E-state index contributed by atoms with van der Waals surface area (Å²) in [6.45, 7) is 3.39. The van der Waals surface area contributed by atoms with Crippen molar-refractivity contribution in [2.75, 3.05) is 20.3 Å². The largest absolute Gasteiger partial charge is 0.491 e. The Labute approximate surface area is 168 Å². The molecule has 2 heterocycles. The molecule has 0 saturated carbocycles. The second-order valence-corrected chi connectivity index (χ2v) is 8.14. The van der Waals surface area contributed by atoms with Gasteiger partial charge in [0.2, 0.25) is 0 Å². The zero-order chi connectivity index (χ0) is 19.5. The highest BCUT2D eigenvalue weighted by molar-refractivity contribution is 7.18. The highest BCUT2D eigenvalue weighted by Crippen LogP contribution is 2.29. The maximum Gasteiger partial charge on any atom is 0.254 e. The van der Waals surface area contributed by atoms with Crippen LogP contribution in [-0.2, 0) is 4.74 Å². The number of carbonyl (C=O) groups is 1. The summed E-state index contributed by atoms with van der Waals surface area (Å²) in [5.74, 6) is 0.728. The molecule has 0 bridgehead atoms. The fourth-order valence-corrected chi connectivity index (χ4v) is 4.34. The quantitative estimate of drug-likeness (QED) is 0.607. The zero-order valence-electron chi connectivity index (χ0n) is 16.1. The van der Waals surface area contributed by atoms with E-state index in [0.717, 1.165) is 40.4 Å². The summed E-state index contributed by atoms with van der Waals surface area (Å²) in [6.07, 6.45) is 2.33. The second kappa shape index (κ2) is 8.29. The molecule has 2 atom stereocenters. The fourth-order valence-electron chi connectivity index (χ4n) is 3.27. The van der Waals surface area contributed by atoms with Gasteiger partial charge in [-0.1, -0.05) is 12.1 Å². The van der Waals surface area contributed by atoms with Crippen molar-refractivity contribution in [1.82, 2.24) is 9.88 Å². The molecule has 1 saturated heterocycles. The molecule has 0 aliphatic carbocycles. The Morgan fingerprint density at radius 3 is 2.79 bits per heavy atom. The average molecular weight is 397 g/mol. The molecule has 146 valence electrons. The molecule has 1 fully saturated rings. The monoisotopic (exact) mass is 396 g/mol. The minimum atomic E-state index is -0.0969. The molecule has 0 N–H and O–H groups in total. The van der Waals surface area contributed by atoms with Gasteiger partial charge in [0.15, 0.2) is 0 Å². The van der Waals surface area contributed by atoms with Crippen LogP contribution in [0.4, 0.5) is 0 Å². The molecule has 0 unspecified atom stereocenters. The lowest BCUT2D eigenvalue weighted by Crippen LogP contribution is -2.29. The highest BCUT2D eigenvalue weighted by atomic mass is 32.1. The second-order valence-electron chi connectivity index (χ2n) is 7.08. The number of hydrogen-bond donors (Lipinski definition) is 0. The number of ether oxygens (including phenoxy) is 2. The number of thiazole rings is 1. The molecule has 3 aromatic rings. The molecule has 5 nitrogen and oxygen atoms in total. The topological polar surface area (TPSA) is 51.7 Å². The van der Waals surface area contributed by atoms with Crippen molar-refractivity contribution in [3.8, 4) is 5.75 Å². The molecule has 6 heteroatoms. The SMILES string of the molecule is C[C@@H](c1nc2ccccc2s1)N(C)C(=O)c1ccc(OC[C@@H]2CCCO2)cc1. The number of benzene rings is 2. The van der Waals surface area contributed by atoms with Crippen LogP contribution in [0.2, 0.25) is 0 Å². The lowest BCUT2D eigenvalue weighted by Gasteiger charge is -2.23. The number of amides is 1. The van der Waals surface area contributed by atoms with Crippen LogP contribution in [-0.4, -0.2) is 42.2 Å². The van der Waals surface area contributed by atoms with Crippen molar-refractivity contribution in [2.24, 2.45) is 0 Å². The lowest BCUT2D eigenvalue weighted by molar-refractivity contribution is 0.0678. The van der Waals surface area contributed by atoms with Crippen LogP contribution >= 0.6 is 11.3 Å². The third-order valence-corrected chi connectivity index (χ3v) is 6.34. The van der Waals surface area contributed by atoms with Crippen LogP contribution in [0.5, 0.6) is 5.75 Å². The molecule has 4 rings (SSSR count). The average Bonchev–Trinajstić information content (AvgIpc) is 3.40. The minimum absolute atomic E-state index is 0.0302. The number of para-hydroxylation sites is 1. The lowest BCUT2D eigenvalue weighted by atomic mass is 10.1. The predicted octanol–water partition coefficient (Wildman–Crippen LogP) is 4.69. The first kappa shape index (κ1) is 18.9. The molecule has 1 aliphatic rings. The van der Waals surface area contributed by atoms with Crippen LogP contribution < -0.4 is 4.74 Å². The summed E-state index contributed by atoms with van der Waals surface area (Å²) in [6, 6.07) is 15.3. The number of fused-ring (bicyclic) bond motifs is 1. The van der Waals surface area contributed by atoms with Gasteiger partial charge < -0.3 is 14.4 Å². The van der Waals surface area contributed by atoms with Crippen LogP contribution in [0.1, 0.15) is 41.2 Å². The van der Waals surface area contributed by atoms with Gasteiger partial charge in [-0.3, -0.25) is 4.79 Å². The summed E-state index contributed by atoms with van der Waals surface area (Å²) in [5, 5.41) is 0.938. The molecule has 1 aliphatic heterocycles. The third-order valence-electron chi connectivity index (χ3n) is 5.13. The molecular weight excluding hydrogens is 372 g/mol. The molecule has 2 aromatic carbocycles. The number of hydrogen-bond acceptors (Lipinski definition) is 5. The van der Waals surface area contributed by atoms with E-state index in [-0.39, 0.29) is 18.1 Å². The Hall–Kier alpha value is -2.44. The Bertz CT molecular complexity index is 915. The van der Waals surface area contributed by atoms with E-state index in [1.54, 1.807) is 16.2 Å². The normalized spacial score (nSPS) is 17.6. The van der Waals surface area contributed by atoms with Crippen LogP contribution in [0, 0.1) is 0 Å². The van der Waals surface area contributed by atoms with Crippen molar-refractivity contribution >= 4 is 27.5 Å². The minimum Gasteiger partial charge on any atom is -0.491 e. The van der Waals surface area contributed by atoms with E-state index < -0.39 is 0 Å². The van der Waals surface area contributed by atoms with Crippen LogP contribution in [0.3, 0.4) is 0 Å². The van der Waals surface area contributed by atoms with E-state index in [1.807, 2.05) is 56.4 Å². The van der Waals surface area contributed by atoms with E-state index in [9.17, 15) is 4.79 Å². The first-order valence-corrected chi connectivity index (χ1v) is 10.4. The first-order chi connectivity index (χ1) is 13.6. The third kappa shape index (κ3) is 4.03. The summed E-state index contributed by atoms with van der Waals surface area (Å²) >= 11 is 1.63. The maximum atomic E-state index is 12.9. The smallest absolute Gasteiger partial charge is 0.254 e. The number of aromatic nitrogens is 1. The molecule has 0 radical (unpaired) electrons. The summed E-state index contributed by atoms with van der Waals surface area (Å²) in [5.41, 5.74) is 1.61. The van der Waals surface area contributed by atoms with E-state index in [0.29, 0.717) is 12.2 Å². The molecular formula is C22H24N2O3S. The first-order valence-electron chi connectivity index (χ1n) is 9.59. The van der Waals surface area contributed by atoms with Gasteiger partial charge in [-0.25, -0.2) is 4.98 Å². The van der Waals surface area contributed by atoms with E-state index in [1.165, 1.54) is 0 Å². The Kier molecular flexibility index (Phi) is 5.59. The summed E-state index contributed by atoms with van der Waals surface area (Å²) < 4.78 is 12.5. The van der Waals surface area contributed by atoms with Crippen molar-refractivity contribution < 1.29 is 14.3 Å². The van der Waals surface area contributed by atoms with Crippen molar-refractivity contribution in [3.05, 3.63) is 59.1 Å².